The highest BCUT2D eigenvalue weighted by Gasteiger charge is 2.30. The molecule has 138 valence electrons. The zero-order valence-corrected chi connectivity index (χ0v) is 15.6. The Morgan fingerprint density at radius 2 is 1.69 bits per heavy atom. The lowest BCUT2D eigenvalue weighted by Crippen LogP contribution is -2.43. The van der Waals surface area contributed by atoms with Crippen molar-refractivity contribution in [3.8, 4) is 5.75 Å². The Morgan fingerprint density at radius 1 is 1.04 bits per heavy atom. The number of nitrogens with zero attached hydrogens (tertiary/aromatic N) is 1. The van der Waals surface area contributed by atoms with E-state index in [9.17, 15) is 9.59 Å². The fourth-order valence-electron chi connectivity index (χ4n) is 2.83. The molecule has 5 nitrogen and oxygen atoms in total. The highest BCUT2D eigenvalue weighted by molar-refractivity contribution is 5.88. The second kappa shape index (κ2) is 9.61. The van der Waals surface area contributed by atoms with Crippen LogP contribution in [0.3, 0.4) is 0 Å². The van der Waals surface area contributed by atoms with Gasteiger partial charge in [-0.15, -0.1) is 0 Å². The molecular weight excluding hydrogens is 328 g/mol. The molecule has 0 aliphatic rings. The molecule has 5 heteroatoms. The molecule has 26 heavy (non-hydrogen) atoms. The number of carbonyl (C=O) groups excluding carboxylic acids is 2. The van der Waals surface area contributed by atoms with Gasteiger partial charge in [0.15, 0.2) is 0 Å². The van der Waals surface area contributed by atoms with Gasteiger partial charge in [-0.3, -0.25) is 9.59 Å². The smallest absolute Gasteiger partial charge is 0.247 e. The Bertz CT molecular complexity index is 714. The van der Waals surface area contributed by atoms with Gasteiger partial charge >= 0.3 is 0 Å². The van der Waals surface area contributed by atoms with Crippen LogP contribution in [0.15, 0.2) is 54.6 Å². The van der Waals surface area contributed by atoms with Crippen LogP contribution in [0.2, 0.25) is 0 Å². The molecule has 0 heterocycles. The number of benzene rings is 2. The molecule has 0 saturated heterocycles. The highest BCUT2D eigenvalue weighted by Crippen LogP contribution is 2.25. The van der Waals surface area contributed by atoms with Gasteiger partial charge in [0, 0.05) is 19.5 Å². The third-order valence-electron chi connectivity index (χ3n) is 4.16. The first-order chi connectivity index (χ1) is 12.6. The molecule has 2 rings (SSSR count). The maximum absolute atomic E-state index is 12.8. The Labute approximate surface area is 155 Å². The lowest BCUT2D eigenvalue weighted by molar-refractivity contribution is -0.141. The Balaban J connectivity index is 2.38. The average molecular weight is 354 g/mol. The van der Waals surface area contributed by atoms with Crippen molar-refractivity contribution >= 4 is 11.8 Å². The average Bonchev–Trinajstić information content (AvgIpc) is 2.68. The van der Waals surface area contributed by atoms with Crippen LogP contribution in [0.5, 0.6) is 5.75 Å². The van der Waals surface area contributed by atoms with Crippen LogP contribution in [0.1, 0.15) is 37.4 Å². The van der Waals surface area contributed by atoms with Gasteiger partial charge in [0.05, 0.1) is 7.11 Å². The number of ether oxygens (including phenoxy) is 1. The van der Waals surface area contributed by atoms with Gasteiger partial charge < -0.3 is 15.0 Å². The second-order valence-corrected chi connectivity index (χ2v) is 5.93. The monoisotopic (exact) mass is 354 g/mol. The van der Waals surface area contributed by atoms with Crippen LogP contribution in [0.4, 0.5) is 0 Å². The number of amides is 2. The van der Waals surface area contributed by atoms with Gasteiger partial charge in [-0.1, -0.05) is 49.4 Å². The molecule has 1 atom stereocenters. The summed E-state index contributed by atoms with van der Waals surface area (Å²) in [6, 6.07) is 16.3. The SMILES string of the molecule is CCNC(=O)[C@H](c1ccccc1)N(Cc1ccc(OC)cc1)C(=O)CC. The van der Waals surface area contributed by atoms with E-state index in [0.717, 1.165) is 16.9 Å². The molecule has 0 aliphatic carbocycles. The number of nitrogens with one attached hydrogen (secondary N) is 1. The summed E-state index contributed by atoms with van der Waals surface area (Å²) in [4.78, 5) is 27.1. The van der Waals surface area contributed by atoms with E-state index in [1.54, 1.807) is 12.0 Å². The van der Waals surface area contributed by atoms with E-state index >= 15 is 0 Å². The molecule has 0 spiro atoms. The molecule has 0 aromatic heterocycles. The van der Waals surface area contributed by atoms with Crippen LogP contribution in [-0.2, 0) is 16.1 Å². The van der Waals surface area contributed by atoms with Crippen molar-refractivity contribution in [2.24, 2.45) is 0 Å². The predicted octanol–water partition coefficient (Wildman–Crippen LogP) is 3.31. The molecule has 2 aromatic rings. The first kappa shape index (κ1) is 19.5. The van der Waals surface area contributed by atoms with Crippen LogP contribution in [0, 0.1) is 0 Å². The Hall–Kier alpha value is -2.82. The summed E-state index contributed by atoms with van der Waals surface area (Å²) < 4.78 is 5.19. The molecule has 0 aliphatic heterocycles. The lowest BCUT2D eigenvalue weighted by Gasteiger charge is -2.31. The normalized spacial score (nSPS) is 11.5. The van der Waals surface area contributed by atoms with Crippen LogP contribution >= 0.6 is 0 Å². The van der Waals surface area contributed by atoms with Crippen molar-refractivity contribution < 1.29 is 14.3 Å². The van der Waals surface area contributed by atoms with E-state index in [2.05, 4.69) is 5.32 Å². The molecule has 0 fully saturated rings. The molecule has 0 saturated carbocycles. The largest absolute Gasteiger partial charge is 0.497 e. The van der Waals surface area contributed by atoms with Crippen molar-refractivity contribution in [3.05, 3.63) is 65.7 Å². The Morgan fingerprint density at radius 3 is 2.23 bits per heavy atom. The summed E-state index contributed by atoms with van der Waals surface area (Å²) in [5.41, 5.74) is 1.74. The summed E-state index contributed by atoms with van der Waals surface area (Å²) in [5.74, 6) is 0.514. The third kappa shape index (κ3) is 4.85. The zero-order valence-electron chi connectivity index (χ0n) is 15.6. The lowest BCUT2D eigenvalue weighted by atomic mass is 10.0. The van der Waals surface area contributed by atoms with Crippen LogP contribution in [0.25, 0.3) is 0 Å². The zero-order chi connectivity index (χ0) is 18.9. The van der Waals surface area contributed by atoms with Gasteiger partial charge in [0.2, 0.25) is 11.8 Å². The summed E-state index contributed by atoms with van der Waals surface area (Å²) in [6.45, 7) is 4.55. The highest BCUT2D eigenvalue weighted by atomic mass is 16.5. The number of hydrogen-bond acceptors (Lipinski definition) is 3. The van der Waals surface area contributed by atoms with E-state index < -0.39 is 6.04 Å². The predicted molar refractivity (Wildman–Crippen MR) is 102 cm³/mol. The topological polar surface area (TPSA) is 58.6 Å². The minimum atomic E-state index is -0.661. The standard InChI is InChI=1S/C21H26N2O3/c1-4-19(24)23(15-16-11-13-18(26-3)14-12-16)20(21(25)22-5-2)17-9-7-6-8-10-17/h6-14,20H,4-5,15H2,1-3H3,(H,22,25)/t20-/m0/s1. The quantitative estimate of drug-likeness (QED) is 0.791. The van der Waals surface area contributed by atoms with Crippen molar-refractivity contribution in [2.45, 2.75) is 32.9 Å². The fourth-order valence-corrected chi connectivity index (χ4v) is 2.83. The number of rotatable bonds is 8. The van der Waals surface area contributed by atoms with E-state index in [1.165, 1.54) is 0 Å². The van der Waals surface area contributed by atoms with Crippen molar-refractivity contribution in [2.75, 3.05) is 13.7 Å². The van der Waals surface area contributed by atoms with Gasteiger partial charge in [-0.25, -0.2) is 0 Å². The molecule has 2 aromatic carbocycles. The van der Waals surface area contributed by atoms with Crippen molar-refractivity contribution in [1.29, 1.82) is 0 Å². The molecule has 1 N–H and O–H groups in total. The summed E-state index contributed by atoms with van der Waals surface area (Å²) in [5, 5.41) is 2.85. The fraction of sp³-hybridized carbons (Fsp3) is 0.333. The van der Waals surface area contributed by atoms with Crippen molar-refractivity contribution in [3.63, 3.8) is 0 Å². The number of hydrogen-bond donors (Lipinski definition) is 1. The third-order valence-corrected chi connectivity index (χ3v) is 4.16. The molecule has 0 radical (unpaired) electrons. The van der Waals surface area contributed by atoms with Gasteiger partial charge in [-0.05, 0) is 30.2 Å². The second-order valence-electron chi connectivity index (χ2n) is 5.93. The minimum Gasteiger partial charge on any atom is -0.497 e. The van der Waals surface area contributed by atoms with E-state index in [0.29, 0.717) is 19.5 Å². The molecule has 0 unspecified atom stereocenters. The number of likely N-dealkylation sites (N-methyl/N-ethyl adjacent to an activating group) is 1. The summed E-state index contributed by atoms with van der Waals surface area (Å²) in [6.07, 6.45) is 0.332. The van der Waals surface area contributed by atoms with Crippen molar-refractivity contribution in [1.82, 2.24) is 10.2 Å². The van der Waals surface area contributed by atoms with Gasteiger partial charge in [0.25, 0.3) is 0 Å². The van der Waals surface area contributed by atoms with Crippen LogP contribution < -0.4 is 10.1 Å². The van der Waals surface area contributed by atoms with E-state index in [4.69, 9.17) is 4.74 Å². The first-order valence-corrected chi connectivity index (χ1v) is 8.85. The van der Waals surface area contributed by atoms with Crippen LogP contribution in [-0.4, -0.2) is 30.4 Å². The number of carbonyl (C=O) groups is 2. The number of methoxy groups -OCH3 is 1. The molecule has 0 bridgehead atoms. The minimum absolute atomic E-state index is 0.0686. The summed E-state index contributed by atoms with van der Waals surface area (Å²) in [7, 11) is 1.61. The molecular formula is C21H26N2O3. The maximum Gasteiger partial charge on any atom is 0.247 e. The first-order valence-electron chi connectivity index (χ1n) is 8.85. The Kier molecular flexibility index (Phi) is 7.21. The van der Waals surface area contributed by atoms with Gasteiger partial charge in [0.1, 0.15) is 11.8 Å². The van der Waals surface area contributed by atoms with Gasteiger partial charge in [-0.2, -0.15) is 0 Å². The van der Waals surface area contributed by atoms with E-state index in [1.807, 2.05) is 68.4 Å². The van der Waals surface area contributed by atoms with E-state index in [-0.39, 0.29) is 11.8 Å². The molecule has 2 amide bonds. The maximum atomic E-state index is 12.8. The summed E-state index contributed by atoms with van der Waals surface area (Å²) >= 11 is 0.